The lowest BCUT2D eigenvalue weighted by atomic mass is 10.1. The Morgan fingerprint density at radius 2 is 2.19 bits per heavy atom. The second-order valence-electron chi connectivity index (χ2n) is 3.26. The molecule has 0 bridgehead atoms. The van der Waals surface area contributed by atoms with E-state index in [0.717, 1.165) is 26.3 Å². The molecule has 1 heterocycles. The Labute approximate surface area is 115 Å². The molecule has 0 aliphatic carbocycles. The maximum absolute atomic E-state index is 4.32. The van der Waals surface area contributed by atoms with Crippen LogP contribution in [0.25, 0.3) is 0 Å². The van der Waals surface area contributed by atoms with Gasteiger partial charge in [-0.2, -0.15) is 0 Å². The largest absolute Gasteiger partial charge is 0.331 e. The Bertz CT molecular complexity index is 496. The van der Waals surface area contributed by atoms with Crippen LogP contribution in [0, 0.1) is 0 Å². The highest BCUT2D eigenvalue weighted by Crippen LogP contribution is 2.27. The van der Waals surface area contributed by atoms with Gasteiger partial charge in [-0.15, -0.1) is 11.3 Å². The van der Waals surface area contributed by atoms with Gasteiger partial charge in [-0.25, -0.2) is 4.98 Å². The molecule has 0 unspecified atom stereocenters. The van der Waals surface area contributed by atoms with Crippen molar-refractivity contribution in [2.24, 2.45) is 0 Å². The number of thiazole rings is 1. The molecule has 5 heteroatoms. The summed E-state index contributed by atoms with van der Waals surface area (Å²) >= 11 is 8.41. The zero-order valence-electron chi connectivity index (χ0n) is 8.63. The van der Waals surface area contributed by atoms with Crippen molar-refractivity contribution in [2.45, 2.75) is 13.3 Å². The normalized spacial score (nSPS) is 10.4. The zero-order valence-corrected chi connectivity index (χ0v) is 12.6. The average Bonchev–Trinajstić information content (AvgIpc) is 2.67. The van der Waals surface area contributed by atoms with Gasteiger partial charge in [-0.3, -0.25) is 0 Å². The SMILES string of the molecule is CCc1cc(Br)ccc1Nc1nc(Br)cs1. The fourth-order valence-corrected chi connectivity index (χ4v) is 2.97. The van der Waals surface area contributed by atoms with E-state index >= 15 is 0 Å². The number of aryl methyl sites for hydroxylation is 1. The van der Waals surface area contributed by atoms with Gasteiger partial charge >= 0.3 is 0 Å². The zero-order chi connectivity index (χ0) is 11.5. The first-order chi connectivity index (χ1) is 7.69. The lowest BCUT2D eigenvalue weighted by Gasteiger charge is -2.08. The number of anilines is 2. The first-order valence-corrected chi connectivity index (χ1v) is 7.32. The summed E-state index contributed by atoms with van der Waals surface area (Å²) < 4.78 is 1.98. The van der Waals surface area contributed by atoms with Gasteiger partial charge in [-0.1, -0.05) is 22.9 Å². The third kappa shape index (κ3) is 2.84. The molecule has 84 valence electrons. The molecule has 1 aromatic heterocycles. The van der Waals surface area contributed by atoms with Crippen LogP contribution in [0.15, 0.2) is 32.7 Å². The smallest absolute Gasteiger partial charge is 0.188 e. The highest BCUT2D eigenvalue weighted by Gasteiger charge is 2.04. The Morgan fingerprint density at radius 3 is 2.81 bits per heavy atom. The molecule has 2 rings (SSSR count). The molecule has 0 saturated heterocycles. The van der Waals surface area contributed by atoms with E-state index in [1.807, 2.05) is 11.4 Å². The summed E-state index contributed by atoms with van der Waals surface area (Å²) in [6.07, 6.45) is 0.994. The maximum atomic E-state index is 4.32. The van der Waals surface area contributed by atoms with Crippen LogP contribution in [0.2, 0.25) is 0 Å². The fraction of sp³-hybridized carbons (Fsp3) is 0.182. The third-order valence-corrected chi connectivity index (χ3v) is 4.13. The van der Waals surface area contributed by atoms with E-state index in [2.05, 4.69) is 61.2 Å². The number of aromatic nitrogens is 1. The fourth-order valence-electron chi connectivity index (χ4n) is 1.40. The summed E-state index contributed by atoms with van der Waals surface area (Å²) in [6.45, 7) is 2.14. The van der Waals surface area contributed by atoms with Gasteiger partial charge < -0.3 is 5.32 Å². The van der Waals surface area contributed by atoms with Crippen molar-refractivity contribution in [3.05, 3.63) is 38.2 Å². The lowest BCUT2D eigenvalue weighted by molar-refractivity contribution is 1.14. The average molecular weight is 362 g/mol. The number of nitrogens with zero attached hydrogens (tertiary/aromatic N) is 1. The Balaban J connectivity index is 2.27. The van der Waals surface area contributed by atoms with E-state index in [1.54, 1.807) is 11.3 Å². The molecule has 2 nitrogen and oxygen atoms in total. The Morgan fingerprint density at radius 1 is 1.38 bits per heavy atom. The van der Waals surface area contributed by atoms with Crippen LogP contribution in [-0.4, -0.2) is 4.98 Å². The standard InChI is InChI=1S/C11H10Br2N2S/c1-2-7-5-8(12)3-4-9(7)14-11-15-10(13)6-16-11/h3-6H,2H2,1H3,(H,14,15). The van der Waals surface area contributed by atoms with Crippen molar-refractivity contribution < 1.29 is 0 Å². The number of halogens is 2. The van der Waals surface area contributed by atoms with Gasteiger partial charge in [0.2, 0.25) is 0 Å². The van der Waals surface area contributed by atoms with Crippen molar-refractivity contribution in [1.82, 2.24) is 4.98 Å². The van der Waals surface area contributed by atoms with Gasteiger partial charge in [0.05, 0.1) is 0 Å². The first kappa shape index (κ1) is 12.1. The van der Waals surface area contributed by atoms with Crippen LogP contribution in [-0.2, 0) is 6.42 Å². The maximum Gasteiger partial charge on any atom is 0.188 e. The van der Waals surface area contributed by atoms with Crippen LogP contribution in [0.5, 0.6) is 0 Å². The Kier molecular flexibility index (Phi) is 4.00. The van der Waals surface area contributed by atoms with Gasteiger partial charge in [0, 0.05) is 15.5 Å². The minimum atomic E-state index is 0.871. The predicted molar refractivity (Wildman–Crippen MR) is 76.6 cm³/mol. The molecule has 16 heavy (non-hydrogen) atoms. The number of rotatable bonds is 3. The summed E-state index contributed by atoms with van der Waals surface area (Å²) in [5.41, 5.74) is 2.40. The summed E-state index contributed by atoms with van der Waals surface area (Å²) in [5, 5.41) is 6.20. The first-order valence-electron chi connectivity index (χ1n) is 4.85. The van der Waals surface area contributed by atoms with Gasteiger partial charge in [0.15, 0.2) is 5.13 Å². The second kappa shape index (κ2) is 5.29. The second-order valence-corrected chi connectivity index (χ2v) is 5.84. The van der Waals surface area contributed by atoms with Gasteiger partial charge in [0.25, 0.3) is 0 Å². The number of nitrogens with one attached hydrogen (secondary N) is 1. The molecular formula is C11H10Br2N2S. The van der Waals surface area contributed by atoms with E-state index in [-0.39, 0.29) is 0 Å². The molecule has 0 spiro atoms. The van der Waals surface area contributed by atoms with Crippen LogP contribution in [0.4, 0.5) is 10.8 Å². The summed E-state index contributed by atoms with van der Waals surface area (Å²) in [7, 11) is 0. The Hall–Kier alpha value is -0.390. The monoisotopic (exact) mass is 360 g/mol. The summed E-state index contributed by atoms with van der Waals surface area (Å²) in [4.78, 5) is 4.32. The van der Waals surface area contributed by atoms with E-state index in [1.165, 1.54) is 5.56 Å². The molecular weight excluding hydrogens is 352 g/mol. The van der Waals surface area contributed by atoms with Crippen molar-refractivity contribution in [2.75, 3.05) is 5.32 Å². The summed E-state index contributed by atoms with van der Waals surface area (Å²) in [6, 6.07) is 6.23. The quantitative estimate of drug-likeness (QED) is 0.834. The molecule has 0 saturated carbocycles. The molecule has 1 aromatic carbocycles. The van der Waals surface area contributed by atoms with Crippen molar-refractivity contribution in [3.8, 4) is 0 Å². The highest BCUT2D eigenvalue weighted by molar-refractivity contribution is 9.10. The van der Waals surface area contributed by atoms with Crippen LogP contribution in [0.1, 0.15) is 12.5 Å². The van der Waals surface area contributed by atoms with E-state index in [4.69, 9.17) is 0 Å². The predicted octanol–water partition coefficient (Wildman–Crippen LogP) is 4.97. The van der Waals surface area contributed by atoms with Crippen LogP contribution < -0.4 is 5.32 Å². The minimum Gasteiger partial charge on any atom is -0.331 e. The number of hydrogen-bond acceptors (Lipinski definition) is 3. The van der Waals surface area contributed by atoms with E-state index < -0.39 is 0 Å². The lowest BCUT2D eigenvalue weighted by Crippen LogP contribution is -1.94. The molecule has 0 radical (unpaired) electrons. The molecule has 0 amide bonds. The topological polar surface area (TPSA) is 24.9 Å². The molecule has 0 aliphatic heterocycles. The van der Waals surface area contributed by atoms with Crippen LogP contribution >= 0.6 is 43.2 Å². The molecule has 2 aromatic rings. The van der Waals surface area contributed by atoms with E-state index in [0.29, 0.717) is 0 Å². The van der Waals surface area contributed by atoms with E-state index in [9.17, 15) is 0 Å². The molecule has 0 atom stereocenters. The van der Waals surface area contributed by atoms with Crippen molar-refractivity contribution in [1.29, 1.82) is 0 Å². The number of hydrogen-bond donors (Lipinski definition) is 1. The van der Waals surface area contributed by atoms with Gasteiger partial charge in [-0.05, 0) is 46.1 Å². The highest BCUT2D eigenvalue weighted by atomic mass is 79.9. The number of benzene rings is 1. The molecule has 0 fully saturated rings. The van der Waals surface area contributed by atoms with Gasteiger partial charge in [0.1, 0.15) is 4.60 Å². The third-order valence-electron chi connectivity index (χ3n) is 2.17. The molecule has 1 N–H and O–H groups in total. The van der Waals surface area contributed by atoms with Crippen molar-refractivity contribution in [3.63, 3.8) is 0 Å². The van der Waals surface area contributed by atoms with Crippen molar-refractivity contribution >= 4 is 54.0 Å². The molecule has 0 aliphatic rings. The minimum absolute atomic E-state index is 0.871. The summed E-state index contributed by atoms with van der Waals surface area (Å²) in [5.74, 6) is 0. The van der Waals surface area contributed by atoms with Crippen LogP contribution in [0.3, 0.4) is 0 Å².